The number of nitro benzene ring substituents is 1. The Kier molecular flexibility index (Phi) is 9.77. The number of anilines is 2. The number of nitrogens with one attached hydrogen (secondary N) is 1. The molecule has 0 unspecified atom stereocenters. The third-order valence-corrected chi connectivity index (χ3v) is 7.75. The fraction of sp³-hybridized carbons (Fsp3) is 0.258. The van der Waals surface area contributed by atoms with E-state index in [0.29, 0.717) is 48.1 Å². The lowest BCUT2D eigenvalue weighted by atomic mass is 10.1. The van der Waals surface area contributed by atoms with Crippen LogP contribution >= 0.6 is 11.8 Å². The first-order valence-corrected chi connectivity index (χ1v) is 14.7. The van der Waals surface area contributed by atoms with Gasteiger partial charge in [-0.2, -0.15) is 0 Å². The standard InChI is InChI=1S/C31H30N4O8S/c1-2-42-27-17-21(7-12-26(27)43-20-22-5-3-4-6-25(22)35(39)40)18-28-30(37)34(31(38)44-28)19-29(36)32-23-8-10-24(11-9-23)33-13-15-41-16-14-33/h3-12,17-18H,2,13-16,19-20H2,1H3,(H,32,36)/b28-18+. The van der Waals surface area contributed by atoms with Gasteiger partial charge in [-0.3, -0.25) is 29.4 Å². The Labute approximate surface area is 257 Å². The highest BCUT2D eigenvalue weighted by Crippen LogP contribution is 2.35. The van der Waals surface area contributed by atoms with Crippen molar-refractivity contribution in [2.75, 3.05) is 49.7 Å². The Morgan fingerprint density at radius 3 is 2.52 bits per heavy atom. The summed E-state index contributed by atoms with van der Waals surface area (Å²) in [7, 11) is 0. The largest absolute Gasteiger partial charge is 0.490 e. The molecule has 2 aliphatic heterocycles. The molecule has 0 saturated carbocycles. The fourth-order valence-electron chi connectivity index (χ4n) is 4.68. The van der Waals surface area contributed by atoms with Crippen LogP contribution in [0.3, 0.4) is 0 Å². The Bertz CT molecular complexity index is 1590. The first-order chi connectivity index (χ1) is 21.3. The Hall–Kier alpha value is -4.88. The molecule has 3 amide bonds. The number of carbonyl (C=O) groups excluding carboxylic acids is 3. The first-order valence-electron chi connectivity index (χ1n) is 13.9. The van der Waals surface area contributed by atoms with Crippen molar-refractivity contribution in [1.82, 2.24) is 4.90 Å². The molecule has 0 bridgehead atoms. The Morgan fingerprint density at radius 2 is 1.80 bits per heavy atom. The first kappa shape index (κ1) is 30.6. The quantitative estimate of drug-likeness (QED) is 0.176. The van der Waals surface area contributed by atoms with Crippen LogP contribution in [0.2, 0.25) is 0 Å². The number of morpholine rings is 1. The van der Waals surface area contributed by atoms with Crippen molar-refractivity contribution < 1.29 is 33.5 Å². The van der Waals surface area contributed by atoms with E-state index in [1.54, 1.807) is 61.5 Å². The van der Waals surface area contributed by atoms with Crippen molar-refractivity contribution >= 4 is 52.0 Å². The van der Waals surface area contributed by atoms with Crippen LogP contribution in [0, 0.1) is 10.1 Å². The highest BCUT2D eigenvalue weighted by atomic mass is 32.2. The number of benzene rings is 3. The number of thioether (sulfide) groups is 1. The van der Waals surface area contributed by atoms with Gasteiger partial charge in [0.25, 0.3) is 16.8 Å². The van der Waals surface area contributed by atoms with Gasteiger partial charge < -0.3 is 24.4 Å². The molecule has 228 valence electrons. The number of rotatable bonds is 11. The highest BCUT2D eigenvalue weighted by molar-refractivity contribution is 8.18. The predicted octanol–water partition coefficient (Wildman–Crippen LogP) is 5.08. The molecule has 44 heavy (non-hydrogen) atoms. The Morgan fingerprint density at radius 1 is 1.05 bits per heavy atom. The van der Waals surface area contributed by atoms with Crippen molar-refractivity contribution in [1.29, 1.82) is 0 Å². The van der Waals surface area contributed by atoms with Gasteiger partial charge in [-0.1, -0.05) is 18.2 Å². The van der Waals surface area contributed by atoms with Crippen molar-refractivity contribution in [3.05, 3.63) is 92.9 Å². The molecular weight excluding hydrogens is 588 g/mol. The van der Waals surface area contributed by atoms with E-state index < -0.39 is 28.5 Å². The van der Waals surface area contributed by atoms with Crippen LogP contribution in [0.4, 0.5) is 21.9 Å². The highest BCUT2D eigenvalue weighted by Gasteiger charge is 2.36. The van der Waals surface area contributed by atoms with Crippen LogP contribution < -0.4 is 19.7 Å². The fourth-order valence-corrected chi connectivity index (χ4v) is 5.52. The number of nitro groups is 1. The predicted molar refractivity (Wildman–Crippen MR) is 166 cm³/mol. The molecule has 0 radical (unpaired) electrons. The summed E-state index contributed by atoms with van der Waals surface area (Å²) in [6.07, 6.45) is 1.54. The minimum absolute atomic E-state index is 0.0461. The van der Waals surface area contributed by atoms with E-state index in [-0.39, 0.29) is 17.2 Å². The monoisotopic (exact) mass is 618 g/mol. The number of ether oxygens (including phenoxy) is 3. The molecule has 2 aliphatic rings. The molecule has 2 heterocycles. The minimum atomic E-state index is -0.576. The van der Waals surface area contributed by atoms with Crippen LogP contribution in [0.1, 0.15) is 18.1 Å². The van der Waals surface area contributed by atoms with E-state index in [9.17, 15) is 24.5 Å². The van der Waals surface area contributed by atoms with Gasteiger partial charge in [-0.15, -0.1) is 0 Å². The maximum Gasteiger partial charge on any atom is 0.294 e. The zero-order chi connectivity index (χ0) is 31.1. The number of hydrogen-bond donors (Lipinski definition) is 1. The second-order valence-electron chi connectivity index (χ2n) is 9.78. The topological polar surface area (TPSA) is 141 Å². The summed E-state index contributed by atoms with van der Waals surface area (Å²) in [5, 5.41) is 13.5. The number of nitrogens with zero attached hydrogens (tertiary/aromatic N) is 3. The molecule has 0 spiro atoms. The second-order valence-corrected chi connectivity index (χ2v) is 10.8. The average Bonchev–Trinajstić information content (AvgIpc) is 3.28. The van der Waals surface area contributed by atoms with Crippen molar-refractivity contribution in [3.8, 4) is 11.5 Å². The van der Waals surface area contributed by atoms with Gasteiger partial charge in [0.15, 0.2) is 11.5 Å². The summed E-state index contributed by atoms with van der Waals surface area (Å²) in [6, 6.07) is 18.6. The van der Waals surface area contributed by atoms with Gasteiger partial charge in [0.1, 0.15) is 13.2 Å². The maximum atomic E-state index is 13.1. The van der Waals surface area contributed by atoms with E-state index in [4.69, 9.17) is 14.2 Å². The van der Waals surface area contributed by atoms with Gasteiger partial charge in [0.2, 0.25) is 5.91 Å². The van der Waals surface area contributed by atoms with Crippen LogP contribution in [-0.2, 0) is 20.9 Å². The van der Waals surface area contributed by atoms with Gasteiger partial charge in [-0.05, 0) is 72.8 Å². The molecule has 0 atom stereocenters. The van der Waals surface area contributed by atoms with Crippen molar-refractivity contribution in [3.63, 3.8) is 0 Å². The van der Waals surface area contributed by atoms with E-state index in [2.05, 4.69) is 10.2 Å². The smallest absolute Gasteiger partial charge is 0.294 e. The molecule has 2 fully saturated rings. The molecule has 3 aromatic carbocycles. The molecular formula is C31H30N4O8S. The molecule has 0 aliphatic carbocycles. The van der Waals surface area contributed by atoms with Crippen molar-refractivity contribution in [2.45, 2.75) is 13.5 Å². The summed E-state index contributed by atoms with van der Waals surface area (Å²) in [6.45, 7) is 4.59. The lowest BCUT2D eigenvalue weighted by molar-refractivity contribution is -0.385. The summed E-state index contributed by atoms with van der Waals surface area (Å²) >= 11 is 0.745. The minimum Gasteiger partial charge on any atom is -0.490 e. The van der Waals surface area contributed by atoms with Gasteiger partial charge in [0.05, 0.1) is 35.2 Å². The molecule has 13 heteroatoms. The molecule has 5 rings (SSSR count). The third kappa shape index (κ3) is 7.36. The van der Waals surface area contributed by atoms with Crippen LogP contribution in [0.15, 0.2) is 71.6 Å². The molecule has 0 aromatic heterocycles. The summed E-state index contributed by atoms with van der Waals surface area (Å²) in [5.74, 6) is -0.332. The number of imide groups is 1. The summed E-state index contributed by atoms with van der Waals surface area (Å²) < 4.78 is 16.9. The van der Waals surface area contributed by atoms with Crippen LogP contribution in [0.5, 0.6) is 11.5 Å². The number of para-hydroxylation sites is 1. The van der Waals surface area contributed by atoms with Crippen LogP contribution in [-0.4, -0.2) is 66.3 Å². The lowest BCUT2D eigenvalue weighted by Gasteiger charge is -2.28. The molecule has 1 N–H and O–H groups in total. The average molecular weight is 619 g/mol. The number of hydrogen-bond acceptors (Lipinski definition) is 10. The van der Waals surface area contributed by atoms with E-state index in [0.717, 1.165) is 35.4 Å². The zero-order valence-electron chi connectivity index (χ0n) is 23.9. The second kappa shape index (κ2) is 14.1. The number of amides is 3. The Balaban J connectivity index is 1.22. The molecule has 2 saturated heterocycles. The third-order valence-electron chi connectivity index (χ3n) is 6.84. The summed E-state index contributed by atoms with van der Waals surface area (Å²) in [4.78, 5) is 52.5. The number of carbonyl (C=O) groups is 3. The van der Waals surface area contributed by atoms with Gasteiger partial charge in [-0.25, -0.2) is 0 Å². The molecule has 12 nitrogen and oxygen atoms in total. The normalized spacial score (nSPS) is 15.9. The van der Waals surface area contributed by atoms with E-state index in [1.807, 2.05) is 12.1 Å². The van der Waals surface area contributed by atoms with E-state index >= 15 is 0 Å². The lowest BCUT2D eigenvalue weighted by Crippen LogP contribution is -2.36. The SMILES string of the molecule is CCOc1cc(/C=C2/SC(=O)N(CC(=O)Nc3ccc(N4CCOCC4)cc3)C2=O)ccc1OCc1ccccc1[N+](=O)[O-]. The van der Waals surface area contributed by atoms with Crippen molar-refractivity contribution in [2.24, 2.45) is 0 Å². The van der Waals surface area contributed by atoms with Gasteiger partial charge >= 0.3 is 0 Å². The zero-order valence-corrected chi connectivity index (χ0v) is 24.7. The van der Waals surface area contributed by atoms with E-state index in [1.165, 1.54) is 6.07 Å². The maximum absolute atomic E-state index is 13.1. The molecule has 3 aromatic rings. The summed E-state index contributed by atoms with van der Waals surface area (Å²) in [5.41, 5.74) is 2.51. The van der Waals surface area contributed by atoms with Crippen LogP contribution in [0.25, 0.3) is 6.08 Å². The van der Waals surface area contributed by atoms with Gasteiger partial charge in [0, 0.05) is 30.5 Å².